The highest BCUT2D eigenvalue weighted by Crippen LogP contribution is 2.24. The number of aliphatic hydroxyl groups is 1. The molecule has 1 saturated heterocycles. The number of aromatic carboxylic acids is 1. The molecule has 0 spiro atoms. The minimum atomic E-state index is -1.03. The fourth-order valence-corrected chi connectivity index (χ4v) is 2.75. The lowest BCUT2D eigenvalue weighted by Crippen LogP contribution is -2.39. The number of carboxylic acids is 1. The molecule has 2 N–H and O–H groups in total. The minimum absolute atomic E-state index is 0.00298. The quantitative estimate of drug-likeness (QED) is 0.853. The molecular formula is C14H21NO4. The minimum Gasteiger partial charge on any atom is -0.475 e. The summed E-state index contributed by atoms with van der Waals surface area (Å²) in [6.07, 6.45) is 4.24. The molecule has 0 bridgehead atoms. The topological polar surface area (TPSA) is 73.9 Å². The van der Waals surface area contributed by atoms with Gasteiger partial charge in [0.1, 0.15) is 5.76 Å². The Morgan fingerprint density at radius 1 is 1.53 bits per heavy atom. The molecule has 106 valence electrons. The van der Waals surface area contributed by atoms with E-state index in [1.807, 2.05) is 0 Å². The molecule has 5 heteroatoms. The molecule has 1 aliphatic rings. The Morgan fingerprint density at radius 3 is 2.95 bits per heavy atom. The van der Waals surface area contributed by atoms with Gasteiger partial charge in [-0.15, -0.1) is 0 Å². The van der Waals surface area contributed by atoms with Crippen LogP contribution in [0, 0.1) is 6.92 Å². The maximum absolute atomic E-state index is 10.9. The van der Waals surface area contributed by atoms with E-state index >= 15 is 0 Å². The monoisotopic (exact) mass is 267 g/mol. The van der Waals surface area contributed by atoms with E-state index in [0.717, 1.165) is 31.4 Å². The van der Waals surface area contributed by atoms with E-state index in [0.29, 0.717) is 18.3 Å². The summed E-state index contributed by atoms with van der Waals surface area (Å²) in [6.45, 7) is 3.70. The van der Waals surface area contributed by atoms with E-state index in [2.05, 4.69) is 4.90 Å². The zero-order chi connectivity index (χ0) is 13.8. The van der Waals surface area contributed by atoms with Crippen LogP contribution in [0.4, 0.5) is 0 Å². The largest absolute Gasteiger partial charge is 0.475 e. The summed E-state index contributed by atoms with van der Waals surface area (Å²) in [5, 5.41) is 18.0. The number of likely N-dealkylation sites (tertiary alicyclic amines) is 1. The van der Waals surface area contributed by atoms with Crippen LogP contribution in [0.1, 0.15) is 47.6 Å². The van der Waals surface area contributed by atoms with Crippen LogP contribution >= 0.6 is 0 Å². The highest BCUT2D eigenvalue weighted by atomic mass is 16.4. The van der Waals surface area contributed by atoms with Crippen molar-refractivity contribution >= 4 is 5.97 Å². The van der Waals surface area contributed by atoms with Crippen LogP contribution in [0.25, 0.3) is 0 Å². The van der Waals surface area contributed by atoms with E-state index < -0.39 is 5.97 Å². The van der Waals surface area contributed by atoms with Crippen molar-refractivity contribution in [2.24, 2.45) is 0 Å². The smallest absolute Gasteiger partial charge is 0.371 e. The number of hydrogen-bond acceptors (Lipinski definition) is 4. The van der Waals surface area contributed by atoms with Gasteiger partial charge < -0.3 is 14.6 Å². The highest BCUT2D eigenvalue weighted by molar-refractivity contribution is 5.84. The van der Waals surface area contributed by atoms with E-state index in [1.54, 1.807) is 13.0 Å². The Bertz CT molecular complexity index is 439. The molecule has 0 amide bonds. The van der Waals surface area contributed by atoms with Gasteiger partial charge in [0.25, 0.3) is 0 Å². The summed E-state index contributed by atoms with van der Waals surface area (Å²) < 4.78 is 5.24. The van der Waals surface area contributed by atoms with Crippen LogP contribution in [0.3, 0.4) is 0 Å². The molecule has 1 aromatic rings. The molecule has 0 radical (unpaired) electrons. The number of piperidine rings is 1. The average Bonchev–Trinajstić information content (AvgIpc) is 2.74. The van der Waals surface area contributed by atoms with Crippen LogP contribution in [0.15, 0.2) is 10.5 Å². The Balaban J connectivity index is 2.08. The van der Waals surface area contributed by atoms with Gasteiger partial charge in [-0.05, 0) is 38.8 Å². The lowest BCUT2D eigenvalue weighted by molar-refractivity contribution is 0.0661. The molecule has 1 aromatic heterocycles. The van der Waals surface area contributed by atoms with Gasteiger partial charge in [0.05, 0.1) is 0 Å². The third-order valence-electron chi connectivity index (χ3n) is 3.82. The van der Waals surface area contributed by atoms with Gasteiger partial charge in [-0.3, -0.25) is 4.90 Å². The molecule has 19 heavy (non-hydrogen) atoms. The molecule has 2 heterocycles. The second-order valence-electron chi connectivity index (χ2n) is 5.13. The van der Waals surface area contributed by atoms with E-state index in [1.165, 1.54) is 6.42 Å². The van der Waals surface area contributed by atoms with E-state index in [4.69, 9.17) is 14.6 Å². The number of hydrogen-bond donors (Lipinski definition) is 2. The van der Waals surface area contributed by atoms with Crippen molar-refractivity contribution in [3.05, 3.63) is 23.2 Å². The molecular weight excluding hydrogens is 246 g/mol. The standard InChI is InChI=1S/C14H21NO4/c1-10-11(8-13(19-10)14(17)18)9-15-6-3-2-4-12(15)5-7-16/h8,12,16H,2-7,9H2,1H3,(H,17,18). The number of aliphatic hydroxyl groups excluding tert-OH is 1. The van der Waals surface area contributed by atoms with Crippen LogP contribution < -0.4 is 0 Å². The number of carbonyl (C=O) groups is 1. The first-order chi connectivity index (χ1) is 9.11. The number of rotatable bonds is 5. The van der Waals surface area contributed by atoms with Crippen molar-refractivity contribution < 1.29 is 19.4 Å². The maximum atomic E-state index is 10.9. The first-order valence-corrected chi connectivity index (χ1v) is 6.79. The molecule has 1 aliphatic heterocycles. The normalized spacial score (nSPS) is 20.6. The molecule has 1 fully saturated rings. The Labute approximate surface area is 112 Å². The van der Waals surface area contributed by atoms with Gasteiger partial charge in [0.2, 0.25) is 5.76 Å². The predicted octanol–water partition coefficient (Wildman–Crippen LogP) is 2.02. The van der Waals surface area contributed by atoms with Crippen molar-refractivity contribution in [3.63, 3.8) is 0 Å². The number of furan rings is 1. The Hall–Kier alpha value is -1.33. The van der Waals surface area contributed by atoms with Crippen molar-refractivity contribution in [2.45, 2.75) is 45.2 Å². The first-order valence-electron chi connectivity index (χ1n) is 6.79. The third kappa shape index (κ3) is 3.36. The average molecular weight is 267 g/mol. The SMILES string of the molecule is Cc1oc(C(=O)O)cc1CN1CCCCC1CCO. The van der Waals surface area contributed by atoms with Gasteiger partial charge in [-0.1, -0.05) is 6.42 Å². The lowest BCUT2D eigenvalue weighted by atomic mass is 9.99. The van der Waals surface area contributed by atoms with Crippen LogP contribution in [0.2, 0.25) is 0 Å². The third-order valence-corrected chi connectivity index (χ3v) is 3.82. The zero-order valence-corrected chi connectivity index (χ0v) is 11.3. The summed E-state index contributed by atoms with van der Waals surface area (Å²) in [6, 6.07) is 2.00. The summed E-state index contributed by atoms with van der Waals surface area (Å²) in [5.41, 5.74) is 0.933. The number of aryl methyl sites for hydroxylation is 1. The van der Waals surface area contributed by atoms with E-state index in [-0.39, 0.29) is 12.4 Å². The van der Waals surface area contributed by atoms with Gasteiger partial charge >= 0.3 is 5.97 Å². The Morgan fingerprint density at radius 2 is 2.32 bits per heavy atom. The number of carboxylic acid groups (broad SMARTS) is 1. The highest BCUT2D eigenvalue weighted by Gasteiger charge is 2.24. The van der Waals surface area contributed by atoms with Crippen molar-refractivity contribution in [2.75, 3.05) is 13.2 Å². The fourth-order valence-electron chi connectivity index (χ4n) is 2.75. The zero-order valence-electron chi connectivity index (χ0n) is 11.3. The maximum Gasteiger partial charge on any atom is 0.371 e. The second kappa shape index (κ2) is 6.21. The lowest BCUT2D eigenvalue weighted by Gasteiger charge is -2.35. The molecule has 1 atom stereocenters. The van der Waals surface area contributed by atoms with Crippen molar-refractivity contribution in [1.29, 1.82) is 0 Å². The molecule has 0 aliphatic carbocycles. The first kappa shape index (κ1) is 14.1. The van der Waals surface area contributed by atoms with Gasteiger partial charge in [0, 0.05) is 24.8 Å². The van der Waals surface area contributed by atoms with Gasteiger partial charge in [0.15, 0.2) is 0 Å². The Kier molecular flexibility index (Phi) is 4.61. The molecule has 0 aromatic carbocycles. The molecule has 0 saturated carbocycles. The summed E-state index contributed by atoms with van der Waals surface area (Å²) in [7, 11) is 0. The van der Waals surface area contributed by atoms with Crippen molar-refractivity contribution in [1.82, 2.24) is 4.90 Å². The van der Waals surface area contributed by atoms with Gasteiger partial charge in [-0.2, -0.15) is 0 Å². The van der Waals surface area contributed by atoms with E-state index in [9.17, 15) is 4.79 Å². The predicted molar refractivity (Wildman–Crippen MR) is 70.2 cm³/mol. The van der Waals surface area contributed by atoms with Crippen LogP contribution in [-0.2, 0) is 6.54 Å². The van der Waals surface area contributed by atoms with Crippen LogP contribution in [0.5, 0.6) is 0 Å². The number of nitrogens with zero attached hydrogens (tertiary/aromatic N) is 1. The molecule has 5 nitrogen and oxygen atoms in total. The summed E-state index contributed by atoms with van der Waals surface area (Å²) in [4.78, 5) is 13.2. The fraction of sp³-hybridized carbons (Fsp3) is 0.643. The molecule has 1 unspecified atom stereocenters. The van der Waals surface area contributed by atoms with Crippen LogP contribution in [-0.4, -0.2) is 40.3 Å². The van der Waals surface area contributed by atoms with Gasteiger partial charge in [-0.25, -0.2) is 4.79 Å². The molecule has 2 rings (SSSR count). The second-order valence-corrected chi connectivity index (χ2v) is 5.13. The van der Waals surface area contributed by atoms with Crippen molar-refractivity contribution in [3.8, 4) is 0 Å². The summed E-state index contributed by atoms with van der Waals surface area (Å²) >= 11 is 0. The summed E-state index contributed by atoms with van der Waals surface area (Å²) in [5.74, 6) is -0.353.